The van der Waals surface area contributed by atoms with Crippen molar-refractivity contribution in [1.29, 1.82) is 0 Å². The Morgan fingerprint density at radius 3 is 2.62 bits per heavy atom. The van der Waals surface area contributed by atoms with E-state index >= 15 is 0 Å². The van der Waals surface area contributed by atoms with E-state index in [1.54, 1.807) is 0 Å². The maximum Gasteiger partial charge on any atom is 0.259 e. The van der Waals surface area contributed by atoms with Crippen LogP contribution in [0.1, 0.15) is 35.7 Å². The largest absolute Gasteiger partial charge is 0.336 e. The highest BCUT2D eigenvalue weighted by molar-refractivity contribution is 5.91. The minimum absolute atomic E-state index is 0.448. The van der Waals surface area contributed by atoms with E-state index < -0.39 is 0 Å². The van der Waals surface area contributed by atoms with E-state index in [4.69, 9.17) is 14.8 Å². The number of aryl methyl sites for hydroxylation is 1. The van der Waals surface area contributed by atoms with Crippen LogP contribution in [-0.4, -0.2) is 20.3 Å². The fraction of sp³-hybridized carbons (Fsp3) is 0.263. The molecule has 26 heavy (non-hydrogen) atoms. The first-order chi connectivity index (χ1) is 12.7. The number of nitrogens with two attached hydrogens (primary N) is 1. The molecule has 0 aliphatic heterocycles. The van der Waals surface area contributed by atoms with E-state index in [9.17, 15) is 0 Å². The smallest absolute Gasteiger partial charge is 0.259 e. The number of aromatic nitrogens is 4. The Labute approximate surface area is 149 Å². The monoisotopic (exact) mass is 347 g/mol. The maximum atomic E-state index is 5.65. The molecule has 2 N–H and O–H groups in total. The third kappa shape index (κ3) is 2.48. The van der Waals surface area contributed by atoms with Crippen molar-refractivity contribution in [1.82, 2.24) is 20.3 Å². The van der Waals surface area contributed by atoms with Gasteiger partial charge in [0.05, 0.1) is 16.6 Å². The summed E-state index contributed by atoms with van der Waals surface area (Å²) < 4.78 is 10.9. The van der Waals surface area contributed by atoms with Crippen LogP contribution in [0.3, 0.4) is 0 Å². The summed E-state index contributed by atoms with van der Waals surface area (Å²) in [4.78, 5) is 9.19. The van der Waals surface area contributed by atoms with Crippen LogP contribution in [0.5, 0.6) is 0 Å². The molecule has 4 aromatic rings. The van der Waals surface area contributed by atoms with Crippen molar-refractivity contribution in [3.8, 4) is 22.8 Å². The quantitative estimate of drug-likeness (QED) is 0.601. The van der Waals surface area contributed by atoms with Crippen LogP contribution >= 0.6 is 0 Å². The Kier molecular flexibility index (Phi) is 3.36. The van der Waals surface area contributed by atoms with E-state index in [0.717, 1.165) is 46.3 Å². The summed E-state index contributed by atoms with van der Waals surface area (Å²) >= 11 is 0. The molecule has 0 spiro atoms. The number of hydrogen-bond donors (Lipinski definition) is 1. The van der Waals surface area contributed by atoms with E-state index in [1.165, 1.54) is 0 Å². The molecule has 0 atom stereocenters. The van der Waals surface area contributed by atoms with Crippen LogP contribution in [0.2, 0.25) is 0 Å². The molecule has 1 fully saturated rings. The van der Waals surface area contributed by atoms with Crippen molar-refractivity contribution in [3.63, 3.8) is 0 Å². The van der Waals surface area contributed by atoms with Gasteiger partial charge in [-0.05, 0) is 31.4 Å². The minimum Gasteiger partial charge on any atom is -0.336 e. The first kappa shape index (κ1) is 15.2. The summed E-state index contributed by atoms with van der Waals surface area (Å²) in [6.45, 7) is 2.39. The molecular formula is C19H17N5O2. The molecule has 0 saturated heterocycles. The van der Waals surface area contributed by atoms with Crippen LogP contribution in [0, 0.1) is 6.92 Å². The number of rotatable bonds is 4. The average molecular weight is 347 g/mol. The topological polar surface area (TPSA) is 104 Å². The third-order valence-corrected chi connectivity index (χ3v) is 4.74. The zero-order chi connectivity index (χ0) is 17.7. The van der Waals surface area contributed by atoms with Gasteiger partial charge in [0.2, 0.25) is 5.82 Å². The summed E-state index contributed by atoms with van der Waals surface area (Å²) in [5, 5.41) is 9.01. The Bertz CT molecular complexity index is 1090. The molecule has 0 amide bonds. The van der Waals surface area contributed by atoms with Crippen LogP contribution in [-0.2, 0) is 6.54 Å². The van der Waals surface area contributed by atoms with Crippen molar-refractivity contribution < 1.29 is 9.05 Å². The van der Waals surface area contributed by atoms with E-state index in [0.29, 0.717) is 29.9 Å². The lowest BCUT2D eigenvalue weighted by molar-refractivity contribution is 0.432. The summed E-state index contributed by atoms with van der Waals surface area (Å²) in [5.41, 5.74) is 10.7. The van der Waals surface area contributed by atoms with E-state index in [-0.39, 0.29) is 0 Å². The molecule has 0 unspecified atom stereocenters. The Hall–Kier alpha value is -3.06. The zero-order valence-electron chi connectivity index (χ0n) is 14.3. The normalized spacial score (nSPS) is 14.2. The molecule has 7 nitrogen and oxygen atoms in total. The highest BCUT2D eigenvalue weighted by Gasteiger charge is 2.28. The lowest BCUT2D eigenvalue weighted by atomic mass is 10.1. The SMILES string of the molecule is Cc1noc2nc(C3CC3)cc(-c3nc(-c4ccc(CN)cc4)no3)c12. The number of benzene rings is 1. The second kappa shape index (κ2) is 5.74. The molecule has 3 heterocycles. The summed E-state index contributed by atoms with van der Waals surface area (Å²) in [6, 6.07) is 9.84. The van der Waals surface area contributed by atoms with Gasteiger partial charge in [-0.2, -0.15) is 4.98 Å². The molecule has 1 aliphatic carbocycles. The number of hydrogen-bond acceptors (Lipinski definition) is 7. The Balaban J connectivity index is 1.61. The van der Waals surface area contributed by atoms with Crippen molar-refractivity contribution in [3.05, 3.63) is 47.3 Å². The van der Waals surface area contributed by atoms with Gasteiger partial charge < -0.3 is 14.8 Å². The fourth-order valence-corrected chi connectivity index (χ4v) is 3.11. The number of fused-ring (bicyclic) bond motifs is 1. The van der Waals surface area contributed by atoms with Crippen LogP contribution in [0.25, 0.3) is 33.9 Å². The van der Waals surface area contributed by atoms with Gasteiger partial charge in [-0.1, -0.05) is 34.6 Å². The van der Waals surface area contributed by atoms with Crippen LogP contribution in [0.15, 0.2) is 39.4 Å². The second-order valence-electron chi connectivity index (χ2n) is 6.64. The summed E-state index contributed by atoms with van der Waals surface area (Å²) in [5.74, 6) is 1.47. The molecular weight excluding hydrogens is 330 g/mol. The predicted molar refractivity (Wildman–Crippen MR) is 95.1 cm³/mol. The van der Waals surface area contributed by atoms with Crippen molar-refractivity contribution in [2.75, 3.05) is 0 Å². The molecule has 1 aliphatic rings. The van der Waals surface area contributed by atoms with Crippen LogP contribution in [0.4, 0.5) is 0 Å². The lowest BCUT2D eigenvalue weighted by Crippen LogP contribution is -1.95. The standard InChI is InChI=1S/C19H17N5O2/c1-10-16-14(8-15(12-6-7-12)21-19(16)26-23-10)18-22-17(24-25-18)13-4-2-11(9-20)3-5-13/h2-5,8,12H,6-7,9,20H2,1H3. The molecule has 0 radical (unpaired) electrons. The molecule has 0 bridgehead atoms. The van der Waals surface area contributed by atoms with Crippen molar-refractivity contribution in [2.45, 2.75) is 32.2 Å². The third-order valence-electron chi connectivity index (χ3n) is 4.74. The van der Waals surface area contributed by atoms with Crippen molar-refractivity contribution in [2.24, 2.45) is 5.73 Å². The first-order valence-electron chi connectivity index (χ1n) is 8.63. The van der Waals surface area contributed by atoms with Gasteiger partial charge >= 0.3 is 0 Å². The van der Waals surface area contributed by atoms with Gasteiger partial charge in [0.15, 0.2) is 0 Å². The van der Waals surface area contributed by atoms with Crippen LogP contribution < -0.4 is 5.73 Å². The molecule has 5 rings (SSSR count). The van der Waals surface area contributed by atoms with E-state index in [1.807, 2.05) is 37.3 Å². The number of pyridine rings is 1. The highest BCUT2D eigenvalue weighted by Crippen LogP contribution is 2.42. The molecule has 130 valence electrons. The van der Waals surface area contributed by atoms with Crippen molar-refractivity contribution >= 4 is 11.1 Å². The van der Waals surface area contributed by atoms with E-state index in [2.05, 4.69) is 20.3 Å². The average Bonchev–Trinajstić information content (AvgIpc) is 3.30. The van der Waals surface area contributed by atoms with Gasteiger partial charge in [-0.15, -0.1) is 0 Å². The predicted octanol–water partition coefficient (Wildman–Crippen LogP) is 3.58. The molecule has 7 heteroatoms. The molecule has 1 aromatic carbocycles. The Morgan fingerprint density at radius 2 is 1.88 bits per heavy atom. The van der Waals surface area contributed by atoms with Gasteiger partial charge in [0.25, 0.3) is 11.6 Å². The van der Waals surface area contributed by atoms with Gasteiger partial charge in [-0.3, -0.25) is 0 Å². The summed E-state index contributed by atoms with van der Waals surface area (Å²) in [7, 11) is 0. The molecule has 1 saturated carbocycles. The second-order valence-corrected chi connectivity index (χ2v) is 6.64. The lowest BCUT2D eigenvalue weighted by Gasteiger charge is -2.01. The highest BCUT2D eigenvalue weighted by atomic mass is 16.5. The fourth-order valence-electron chi connectivity index (χ4n) is 3.11. The first-order valence-corrected chi connectivity index (χ1v) is 8.63. The maximum absolute atomic E-state index is 5.65. The Morgan fingerprint density at radius 1 is 1.08 bits per heavy atom. The number of nitrogens with zero attached hydrogens (tertiary/aromatic N) is 4. The molecule has 3 aromatic heterocycles. The summed E-state index contributed by atoms with van der Waals surface area (Å²) in [6.07, 6.45) is 2.29. The minimum atomic E-state index is 0.448. The van der Waals surface area contributed by atoms with Gasteiger partial charge in [0, 0.05) is 23.7 Å². The van der Waals surface area contributed by atoms with Gasteiger partial charge in [0.1, 0.15) is 0 Å². The van der Waals surface area contributed by atoms with Gasteiger partial charge in [-0.25, -0.2) is 4.98 Å². The zero-order valence-corrected chi connectivity index (χ0v) is 14.3.